The average Bonchev–Trinajstić information content (AvgIpc) is 3.16. The normalized spacial score (nSPS) is 10.4. The Morgan fingerprint density at radius 1 is 0.208 bits per heavy atom. The van der Waals surface area contributed by atoms with E-state index >= 15 is 0 Å². The second-order valence-corrected chi connectivity index (χ2v) is 15.8. The van der Waals surface area contributed by atoms with Gasteiger partial charge in [0, 0.05) is 21.1 Å². The zero-order valence-electron chi connectivity index (χ0n) is 36.2. The van der Waals surface area contributed by atoms with Crippen LogP contribution in [0.3, 0.4) is 0 Å². The van der Waals surface area contributed by atoms with E-state index in [1.54, 1.807) is 0 Å². The van der Waals surface area contributed by atoms with E-state index in [4.69, 9.17) is 36.2 Å². The maximum atomic E-state index is 5.32. The molecule has 0 atom stereocenters. The fourth-order valence-electron chi connectivity index (χ4n) is 3.89. The molecule has 0 aliphatic heterocycles. The molecule has 13 heteroatoms. The Kier molecular flexibility index (Phi) is 87.0. The van der Waals surface area contributed by atoms with Crippen LogP contribution in [0.1, 0.15) is 209 Å². The quantitative estimate of drug-likeness (QED) is 0.0444. The first-order chi connectivity index (χ1) is 25.7. The minimum absolute atomic E-state index is 0. The van der Waals surface area contributed by atoms with Crippen LogP contribution in [-0.4, -0.2) is 52.9 Å². The van der Waals surface area contributed by atoms with E-state index in [-0.39, 0.29) is 57.2 Å². The van der Waals surface area contributed by atoms with E-state index in [9.17, 15) is 0 Å². The Balaban J connectivity index is -0.000000192. The largest absolute Gasteiger partial charge is 0.336 e. The molecule has 0 bridgehead atoms. The van der Waals surface area contributed by atoms with Crippen molar-refractivity contribution < 1.29 is 57.3 Å². The summed E-state index contributed by atoms with van der Waals surface area (Å²) in [6.45, 7) is 24.5. The van der Waals surface area contributed by atoms with E-state index in [1.165, 1.54) is 154 Å². The summed E-state index contributed by atoms with van der Waals surface area (Å²) in [5.74, 6) is 0. The summed E-state index contributed by atoms with van der Waals surface area (Å²) in [6, 6.07) is 0. The molecule has 0 aliphatic carbocycles. The summed E-state index contributed by atoms with van der Waals surface area (Å²) in [7, 11) is 1.02. The third-order valence-corrected chi connectivity index (χ3v) is 9.85. The second-order valence-electron chi connectivity index (χ2n) is 12.8. The van der Waals surface area contributed by atoms with E-state index in [0.717, 1.165) is 52.9 Å². The third kappa shape index (κ3) is 82.8. The van der Waals surface area contributed by atoms with Gasteiger partial charge in [0.25, 0.3) is 0 Å². The monoisotopic (exact) mass is 1020 g/mol. The minimum Gasteiger partial charge on any atom is -0.336 e. The van der Waals surface area contributed by atoms with Gasteiger partial charge in [0.1, 0.15) is 0 Å². The zero-order chi connectivity index (χ0) is 39.1. The molecule has 0 aromatic carbocycles. The van der Waals surface area contributed by atoms with Gasteiger partial charge in [0.05, 0.1) is 52.9 Å². The molecule has 8 nitrogen and oxygen atoms in total. The molecule has 0 saturated heterocycles. The van der Waals surface area contributed by atoms with Crippen molar-refractivity contribution in [3.8, 4) is 0 Å². The summed E-state index contributed by atoms with van der Waals surface area (Å²) in [5.41, 5.74) is 0. The van der Waals surface area contributed by atoms with E-state index < -0.39 is 0 Å². The van der Waals surface area contributed by atoms with Crippen molar-refractivity contribution >= 4 is 36.1 Å². The maximum Gasteiger partial charge on any atom is 0.155 e. The number of hydrogen-bond acceptors (Lipinski definition) is 8. The zero-order valence-corrected chi connectivity index (χ0v) is 42.5. The van der Waals surface area contributed by atoms with E-state index in [0.29, 0.717) is 0 Å². The molecule has 330 valence electrons. The predicted octanol–water partition coefficient (Wildman–Crippen LogP) is 15.6. The van der Waals surface area contributed by atoms with Crippen molar-refractivity contribution in [2.75, 3.05) is 52.9 Å². The molecule has 0 unspecified atom stereocenters. The van der Waals surface area contributed by atoms with Gasteiger partial charge in [-0.2, -0.15) is 0 Å². The molecule has 0 fully saturated rings. The average molecular weight is 1020 g/mol. The molecule has 0 radical (unpaired) electrons. The van der Waals surface area contributed by atoms with Crippen LogP contribution in [0.5, 0.6) is 0 Å². The summed E-state index contributed by atoms with van der Waals surface area (Å²) in [4.78, 5) is 0. The number of rotatable bonds is 40. The van der Waals surface area contributed by atoms with Crippen molar-refractivity contribution in [1.82, 2.24) is 0 Å². The predicted molar refractivity (Wildman–Crippen MR) is 237 cm³/mol. The molecule has 53 heavy (non-hydrogen) atoms. The van der Waals surface area contributed by atoms with Crippen LogP contribution >= 0.6 is 36.1 Å². The first kappa shape index (κ1) is 64.2. The molecule has 0 aromatic rings. The molecular weight excluding hydrogens is 927 g/mol. The Labute approximate surface area is 354 Å². The maximum absolute atomic E-state index is 5.32. The Morgan fingerprint density at radius 2 is 0.321 bits per heavy atom. The molecule has 0 rings (SSSR count). The standard InChI is InChI=1S/4C10H23O2P.Pt/c4*1-3-5-7-9-11-13-12-10-8-6-4-2;/h4*13H,3-10H2,1-2H3;. The summed E-state index contributed by atoms with van der Waals surface area (Å²) in [6.07, 6.45) is 29.5. The first-order valence-electron chi connectivity index (χ1n) is 21.6. The molecular formula is C40H92O8P4Pt. The Morgan fingerprint density at radius 3 is 0.415 bits per heavy atom. The van der Waals surface area contributed by atoms with Crippen molar-refractivity contribution in [2.45, 2.75) is 209 Å². The summed E-state index contributed by atoms with van der Waals surface area (Å²) in [5, 5.41) is 0. The van der Waals surface area contributed by atoms with Gasteiger partial charge in [-0.05, 0) is 51.4 Å². The van der Waals surface area contributed by atoms with Crippen LogP contribution in [-0.2, 0) is 57.3 Å². The van der Waals surface area contributed by atoms with Crippen molar-refractivity contribution in [3.63, 3.8) is 0 Å². The SMILES string of the molecule is CCCCCOPOCCCCC.CCCCCOPOCCCCC.CCCCCOPOCCCCC.CCCCCOPOCCCCC.[Pt]. The molecule has 0 saturated carbocycles. The molecule has 0 N–H and O–H groups in total. The first-order valence-corrected chi connectivity index (χ1v) is 24.9. The van der Waals surface area contributed by atoms with E-state index in [1.807, 2.05) is 0 Å². The van der Waals surface area contributed by atoms with Crippen LogP contribution < -0.4 is 0 Å². The van der Waals surface area contributed by atoms with Gasteiger partial charge in [-0.3, -0.25) is 0 Å². The van der Waals surface area contributed by atoms with Crippen LogP contribution in [0.15, 0.2) is 0 Å². The second kappa shape index (κ2) is 71.8. The molecule has 0 spiro atoms. The van der Waals surface area contributed by atoms with Gasteiger partial charge in [-0.1, -0.05) is 158 Å². The van der Waals surface area contributed by atoms with Crippen molar-refractivity contribution in [3.05, 3.63) is 0 Å². The Bertz CT molecular complexity index is 411. The summed E-state index contributed by atoms with van der Waals surface area (Å²) < 4.78 is 42.6. The molecule has 0 aromatic heterocycles. The van der Waals surface area contributed by atoms with Gasteiger partial charge in [0.15, 0.2) is 36.1 Å². The summed E-state index contributed by atoms with van der Waals surface area (Å²) >= 11 is 0. The smallest absolute Gasteiger partial charge is 0.155 e. The van der Waals surface area contributed by atoms with Gasteiger partial charge >= 0.3 is 0 Å². The fourth-order valence-corrected chi connectivity index (χ4v) is 6.05. The number of hydrogen-bond donors (Lipinski definition) is 0. The topological polar surface area (TPSA) is 73.8 Å². The molecule has 0 heterocycles. The van der Waals surface area contributed by atoms with Crippen molar-refractivity contribution in [1.29, 1.82) is 0 Å². The minimum atomic E-state index is 0. The van der Waals surface area contributed by atoms with Gasteiger partial charge < -0.3 is 36.2 Å². The van der Waals surface area contributed by atoms with Gasteiger partial charge in [-0.25, -0.2) is 0 Å². The third-order valence-electron chi connectivity index (χ3n) is 7.27. The fraction of sp³-hybridized carbons (Fsp3) is 1.00. The van der Waals surface area contributed by atoms with E-state index in [2.05, 4.69) is 55.4 Å². The van der Waals surface area contributed by atoms with Gasteiger partial charge in [0.2, 0.25) is 0 Å². The van der Waals surface area contributed by atoms with Crippen LogP contribution in [0.25, 0.3) is 0 Å². The van der Waals surface area contributed by atoms with Crippen LogP contribution in [0, 0.1) is 0 Å². The van der Waals surface area contributed by atoms with Gasteiger partial charge in [-0.15, -0.1) is 0 Å². The Hall–Kier alpha value is 2.09. The number of unbranched alkanes of at least 4 members (excludes halogenated alkanes) is 16. The molecule has 0 amide bonds. The van der Waals surface area contributed by atoms with Crippen molar-refractivity contribution in [2.24, 2.45) is 0 Å². The molecule has 0 aliphatic rings. The van der Waals surface area contributed by atoms with Crippen LogP contribution in [0.4, 0.5) is 0 Å². The van der Waals surface area contributed by atoms with Crippen LogP contribution in [0.2, 0.25) is 0 Å².